The molecule has 0 unspecified atom stereocenters. The molecule has 0 saturated heterocycles. The molecule has 0 aliphatic heterocycles. The van der Waals surface area contributed by atoms with Gasteiger partial charge in [0.25, 0.3) is 0 Å². The number of carbonyl (C=O) groups is 1. The van der Waals surface area contributed by atoms with E-state index in [9.17, 15) is 4.79 Å². The van der Waals surface area contributed by atoms with Crippen LogP contribution in [0.3, 0.4) is 0 Å². The Morgan fingerprint density at radius 3 is 1.75 bits per heavy atom. The van der Waals surface area contributed by atoms with Gasteiger partial charge in [0.2, 0.25) is 5.91 Å². The molecule has 20 heavy (non-hydrogen) atoms. The zero-order valence-corrected chi connectivity index (χ0v) is 13.7. The lowest BCUT2D eigenvalue weighted by atomic mass is 10.1. The van der Waals surface area contributed by atoms with Crippen molar-refractivity contribution >= 4 is 5.91 Å². The first kappa shape index (κ1) is 19.4. The van der Waals surface area contributed by atoms with E-state index >= 15 is 0 Å². The lowest BCUT2D eigenvalue weighted by Gasteiger charge is -2.05. The Morgan fingerprint density at radius 1 is 0.750 bits per heavy atom. The van der Waals surface area contributed by atoms with E-state index in [1.165, 1.54) is 57.8 Å². The minimum Gasteiger partial charge on any atom is -0.274 e. The first-order valence-electron chi connectivity index (χ1n) is 8.71. The molecule has 0 spiro atoms. The first-order chi connectivity index (χ1) is 9.81. The number of rotatable bonds is 15. The van der Waals surface area contributed by atoms with E-state index in [4.69, 9.17) is 4.84 Å². The second-order valence-corrected chi connectivity index (χ2v) is 5.66. The lowest BCUT2D eigenvalue weighted by Crippen LogP contribution is -2.23. The van der Waals surface area contributed by atoms with Gasteiger partial charge < -0.3 is 0 Å². The van der Waals surface area contributed by atoms with Crippen molar-refractivity contribution in [3.63, 3.8) is 0 Å². The first-order valence-corrected chi connectivity index (χ1v) is 8.71. The smallest absolute Gasteiger partial charge is 0.243 e. The van der Waals surface area contributed by atoms with Crippen LogP contribution >= 0.6 is 0 Å². The molecule has 0 saturated carbocycles. The number of nitrogens with one attached hydrogen (secondary N) is 1. The third kappa shape index (κ3) is 15.5. The maximum atomic E-state index is 11.3. The molecule has 0 atom stereocenters. The van der Waals surface area contributed by atoms with Gasteiger partial charge in [0.15, 0.2) is 0 Å². The molecule has 0 aromatic heterocycles. The number of carbonyl (C=O) groups excluding carboxylic acids is 1. The highest BCUT2D eigenvalue weighted by Crippen LogP contribution is 2.11. The maximum absolute atomic E-state index is 11.3. The topological polar surface area (TPSA) is 38.3 Å². The molecule has 0 aromatic rings. The van der Waals surface area contributed by atoms with Crippen molar-refractivity contribution in [1.29, 1.82) is 0 Å². The molecule has 0 fully saturated rings. The number of hydrogen-bond acceptors (Lipinski definition) is 2. The Bertz CT molecular complexity index is 207. The average molecular weight is 285 g/mol. The molecule has 0 aromatic carbocycles. The van der Waals surface area contributed by atoms with Crippen LogP contribution < -0.4 is 5.48 Å². The van der Waals surface area contributed by atoms with Crippen molar-refractivity contribution in [3.8, 4) is 0 Å². The van der Waals surface area contributed by atoms with Crippen LogP contribution in [0.1, 0.15) is 97.3 Å². The monoisotopic (exact) mass is 285 g/mol. The molecular formula is C17H35NO2. The minimum absolute atomic E-state index is 0.0226. The molecule has 0 rings (SSSR count). The summed E-state index contributed by atoms with van der Waals surface area (Å²) in [5.41, 5.74) is 2.48. The van der Waals surface area contributed by atoms with E-state index in [2.05, 4.69) is 12.4 Å². The van der Waals surface area contributed by atoms with Gasteiger partial charge in [-0.2, -0.15) is 0 Å². The largest absolute Gasteiger partial charge is 0.274 e. The highest BCUT2D eigenvalue weighted by Gasteiger charge is 2.00. The molecule has 0 radical (unpaired) electrons. The van der Waals surface area contributed by atoms with E-state index < -0.39 is 0 Å². The third-order valence-electron chi connectivity index (χ3n) is 3.50. The molecule has 0 aliphatic rings. The summed E-state index contributed by atoms with van der Waals surface area (Å²) in [6, 6.07) is 0. The molecule has 120 valence electrons. The minimum atomic E-state index is 0.0226. The summed E-state index contributed by atoms with van der Waals surface area (Å²) in [5.74, 6) is 0.0226. The van der Waals surface area contributed by atoms with E-state index in [0.29, 0.717) is 13.0 Å². The molecule has 3 heteroatoms. The normalized spacial score (nSPS) is 10.7. The molecular weight excluding hydrogens is 250 g/mol. The van der Waals surface area contributed by atoms with Gasteiger partial charge in [-0.15, -0.1) is 0 Å². The van der Waals surface area contributed by atoms with Crippen LogP contribution in [0.4, 0.5) is 0 Å². The molecule has 0 aliphatic carbocycles. The Morgan fingerprint density at radius 2 is 1.25 bits per heavy atom. The van der Waals surface area contributed by atoms with Gasteiger partial charge in [0, 0.05) is 6.42 Å². The molecule has 3 nitrogen and oxygen atoms in total. The molecule has 0 bridgehead atoms. The molecule has 1 amide bonds. The predicted octanol–water partition coefficient (Wildman–Crippen LogP) is 5.15. The Hall–Kier alpha value is -0.570. The fraction of sp³-hybridized carbons (Fsp3) is 0.941. The highest BCUT2D eigenvalue weighted by molar-refractivity contribution is 5.74. The van der Waals surface area contributed by atoms with Crippen LogP contribution in [0, 0.1) is 0 Å². The van der Waals surface area contributed by atoms with Crippen molar-refractivity contribution < 1.29 is 9.63 Å². The second kappa shape index (κ2) is 16.5. The van der Waals surface area contributed by atoms with E-state index in [1.54, 1.807) is 0 Å². The summed E-state index contributed by atoms with van der Waals surface area (Å²) in [4.78, 5) is 16.3. The number of amides is 1. The van der Waals surface area contributed by atoms with E-state index in [1.807, 2.05) is 6.92 Å². The van der Waals surface area contributed by atoms with Gasteiger partial charge in [-0.1, -0.05) is 78.1 Å². The summed E-state index contributed by atoms with van der Waals surface area (Å²) in [6.45, 7) is 4.89. The lowest BCUT2D eigenvalue weighted by molar-refractivity contribution is -0.133. The SMILES string of the molecule is CCCCCCCCCCCCCC(=O)NOCCC. The number of hydrogen-bond donors (Lipinski definition) is 1. The molecule has 0 heterocycles. The van der Waals surface area contributed by atoms with E-state index in [-0.39, 0.29) is 5.91 Å². The summed E-state index contributed by atoms with van der Waals surface area (Å²) >= 11 is 0. The Balaban J connectivity index is 3.07. The fourth-order valence-corrected chi connectivity index (χ4v) is 2.23. The van der Waals surface area contributed by atoms with Crippen LogP contribution in [-0.4, -0.2) is 12.5 Å². The zero-order chi connectivity index (χ0) is 14.9. The molecule has 1 N–H and O–H groups in total. The van der Waals surface area contributed by atoms with Crippen LogP contribution in [0.15, 0.2) is 0 Å². The van der Waals surface area contributed by atoms with Gasteiger partial charge in [-0.05, 0) is 12.8 Å². The highest BCUT2D eigenvalue weighted by atomic mass is 16.6. The Kier molecular flexibility index (Phi) is 16.0. The predicted molar refractivity (Wildman–Crippen MR) is 85.5 cm³/mol. The van der Waals surface area contributed by atoms with Gasteiger partial charge in [-0.3, -0.25) is 9.63 Å². The number of unbranched alkanes of at least 4 members (excludes halogenated alkanes) is 10. The van der Waals surface area contributed by atoms with Crippen molar-refractivity contribution in [2.24, 2.45) is 0 Å². The summed E-state index contributed by atoms with van der Waals surface area (Å²) in [6.07, 6.45) is 15.9. The average Bonchev–Trinajstić information content (AvgIpc) is 2.45. The van der Waals surface area contributed by atoms with E-state index in [0.717, 1.165) is 19.3 Å². The van der Waals surface area contributed by atoms with Crippen LogP contribution in [0.5, 0.6) is 0 Å². The van der Waals surface area contributed by atoms with Crippen LogP contribution in [-0.2, 0) is 9.63 Å². The van der Waals surface area contributed by atoms with Gasteiger partial charge in [0.05, 0.1) is 6.61 Å². The summed E-state index contributed by atoms with van der Waals surface area (Å²) < 4.78 is 0. The van der Waals surface area contributed by atoms with Crippen LogP contribution in [0.2, 0.25) is 0 Å². The van der Waals surface area contributed by atoms with Gasteiger partial charge in [0.1, 0.15) is 0 Å². The fourth-order valence-electron chi connectivity index (χ4n) is 2.23. The van der Waals surface area contributed by atoms with Gasteiger partial charge >= 0.3 is 0 Å². The van der Waals surface area contributed by atoms with Crippen molar-refractivity contribution in [2.45, 2.75) is 97.3 Å². The van der Waals surface area contributed by atoms with Crippen molar-refractivity contribution in [3.05, 3.63) is 0 Å². The van der Waals surface area contributed by atoms with Gasteiger partial charge in [-0.25, -0.2) is 5.48 Å². The second-order valence-electron chi connectivity index (χ2n) is 5.66. The summed E-state index contributed by atoms with van der Waals surface area (Å²) in [5, 5.41) is 0. The standard InChI is InChI=1S/C17H35NO2/c1-3-5-6-7-8-9-10-11-12-13-14-15-17(19)18-20-16-4-2/h3-16H2,1-2H3,(H,18,19). The maximum Gasteiger partial charge on any atom is 0.243 e. The number of hydroxylamine groups is 1. The third-order valence-corrected chi connectivity index (χ3v) is 3.50. The van der Waals surface area contributed by atoms with Crippen molar-refractivity contribution in [2.75, 3.05) is 6.61 Å². The van der Waals surface area contributed by atoms with Crippen molar-refractivity contribution in [1.82, 2.24) is 5.48 Å². The van der Waals surface area contributed by atoms with Crippen LogP contribution in [0.25, 0.3) is 0 Å². The Labute approximate surface area is 125 Å². The quantitative estimate of drug-likeness (QED) is 0.334. The zero-order valence-electron chi connectivity index (χ0n) is 13.7. The summed E-state index contributed by atoms with van der Waals surface area (Å²) in [7, 11) is 0.